The van der Waals surface area contributed by atoms with E-state index in [0.717, 1.165) is 18.2 Å². The molecule has 0 aliphatic carbocycles. The fraction of sp³-hybridized carbons (Fsp3) is 0.115. The Morgan fingerprint density at radius 1 is 1.02 bits per heavy atom. The molecule has 0 spiro atoms. The van der Waals surface area contributed by atoms with Crippen molar-refractivity contribution >= 4 is 41.2 Å². The lowest BCUT2D eigenvalue weighted by Crippen LogP contribution is -2.21. The number of aromatic nitrogens is 2. The van der Waals surface area contributed by atoms with E-state index in [0.29, 0.717) is 34.0 Å². The van der Waals surface area contributed by atoms with Gasteiger partial charge in [0.25, 0.3) is 0 Å². The van der Waals surface area contributed by atoms with Crippen LogP contribution in [0.4, 0.5) is 49.5 Å². The van der Waals surface area contributed by atoms with Gasteiger partial charge in [0.2, 0.25) is 11.9 Å². The molecule has 0 aliphatic heterocycles. The van der Waals surface area contributed by atoms with Gasteiger partial charge in [-0.2, -0.15) is 31.3 Å². The number of allylic oxidation sites excluding steroid dienone is 1. The van der Waals surface area contributed by atoms with Crippen LogP contribution in [0.1, 0.15) is 5.56 Å². The van der Waals surface area contributed by atoms with Crippen molar-refractivity contribution in [2.75, 3.05) is 23.0 Å². The molecular formula is C26H23F6N7O3. The maximum atomic E-state index is 13.0. The molecule has 0 fully saturated rings. The second-order valence-electron chi connectivity index (χ2n) is 7.87. The summed E-state index contributed by atoms with van der Waals surface area (Å²) < 4.78 is 70.8. The molecule has 3 aromatic rings. The van der Waals surface area contributed by atoms with E-state index in [1.807, 2.05) is 0 Å². The van der Waals surface area contributed by atoms with Gasteiger partial charge in [-0.3, -0.25) is 9.79 Å². The Balaban J connectivity index is 0.000000782. The van der Waals surface area contributed by atoms with Gasteiger partial charge in [0.05, 0.1) is 11.3 Å². The van der Waals surface area contributed by atoms with Gasteiger partial charge in [-0.25, -0.2) is 9.78 Å². The fourth-order valence-corrected chi connectivity index (χ4v) is 2.98. The minimum absolute atomic E-state index is 0.177. The van der Waals surface area contributed by atoms with Crippen molar-refractivity contribution in [3.8, 4) is 11.1 Å². The van der Waals surface area contributed by atoms with Crippen molar-refractivity contribution in [2.24, 2.45) is 10.7 Å². The van der Waals surface area contributed by atoms with E-state index in [2.05, 4.69) is 37.5 Å². The Morgan fingerprint density at radius 2 is 1.64 bits per heavy atom. The molecule has 0 radical (unpaired) electrons. The second kappa shape index (κ2) is 14.3. The summed E-state index contributed by atoms with van der Waals surface area (Å²) in [5.41, 5.74) is 7.25. The van der Waals surface area contributed by atoms with E-state index in [1.165, 1.54) is 30.7 Å². The highest BCUT2D eigenvalue weighted by Gasteiger charge is 2.38. The zero-order chi connectivity index (χ0) is 31.5. The average Bonchev–Trinajstić information content (AvgIpc) is 2.92. The molecule has 0 saturated heterocycles. The molecule has 1 amide bonds. The Morgan fingerprint density at radius 3 is 2.17 bits per heavy atom. The molecule has 2 aromatic carbocycles. The summed E-state index contributed by atoms with van der Waals surface area (Å²) in [4.78, 5) is 33.1. The summed E-state index contributed by atoms with van der Waals surface area (Å²) in [7, 11) is 1.57. The van der Waals surface area contributed by atoms with Crippen LogP contribution in [-0.4, -0.2) is 46.4 Å². The van der Waals surface area contributed by atoms with Crippen LogP contribution in [0.25, 0.3) is 11.1 Å². The average molecular weight is 596 g/mol. The lowest BCUT2D eigenvalue weighted by atomic mass is 10.1. The zero-order valence-electron chi connectivity index (χ0n) is 21.6. The molecule has 0 bridgehead atoms. The number of carbonyl (C=O) groups is 2. The molecule has 10 nitrogen and oxygen atoms in total. The van der Waals surface area contributed by atoms with Gasteiger partial charge in [0, 0.05) is 42.6 Å². The van der Waals surface area contributed by atoms with Crippen LogP contribution in [0.5, 0.6) is 0 Å². The van der Waals surface area contributed by atoms with E-state index in [4.69, 9.17) is 15.6 Å². The summed E-state index contributed by atoms with van der Waals surface area (Å²) in [5.74, 6) is -2.65. The van der Waals surface area contributed by atoms with E-state index < -0.39 is 23.9 Å². The van der Waals surface area contributed by atoms with Crippen LogP contribution in [0, 0.1) is 0 Å². The predicted octanol–water partition coefficient (Wildman–Crippen LogP) is 5.58. The fourth-order valence-electron chi connectivity index (χ4n) is 2.98. The van der Waals surface area contributed by atoms with Crippen LogP contribution in [0.15, 0.2) is 84.3 Å². The summed E-state index contributed by atoms with van der Waals surface area (Å²) in [5, 5.41) is 15.8. The van der Waals surface area contributed by atoms with Crippen molar-refractivity contribution < 1.29 is 41.0 Å². The van der Waals surface area contributed by atoms with Gasteiger partial charge >= 0.3 is 18.3 Å². The number of carboxylic acids is 1. The first-order chi connectivity index (χ1) is 19.7. The Labute approximate surface area is 234 Å². The molecular weight excluding hydrogens is 572 g/mol. The molecule has 222 valence electrons. The highest BCUT2D eigenvalue weighted by molar-refractivity contribution is 5.99. The zero-order valence-corrected chi connectivity index (χ0v) is 21.6. The molecule has 0 aliphatic rings. The van der Waals surface area contributed by atoms with Crippen molar-refractivity contribution in [2.45, 2.75) is 12.4 Å². The number of carbonyl (C=O) groups excluding carboxylic acids is 1. The normalized spacial score (nSPS) is 11.7. The molecule has 6 N–H and O–H groups in total. The van der Waals surface area contributed by atoms with E-state index in [9.17, 15) is 31.1 Å². The minimum atomic E-state index is -5.08. The first kappa shape index (κ1) is 32.8. The summed E-state index contributed by atoms with van der Waals surface area (Å²) in [6, 6.07) is 11.5. The number of alkyl halides is 6. The van der Waals surface area contributed by atoms with E-state index >= 15 is 0 Å². The van der Waals surface area contributed by atoms with Gasteiger partial charge < -0.3 is 26.8 Å². The highest BCUT2D eigenvalue weighted by Crippen LogP contribution is 2.34. The largest absolute Gasteiger partial charge is 0.490 e. The Bertz CT molecular complexity index is 1470. The molecule has 3 rings (SSSR count). The molecule has 0 saturated carbocycles. The Hall–Kier alpha value is -5.41. The second-order valence-corrected chi connectivity index (χ2v) is 7.87. The maximum Gasteiger partial charge on any atom is 0.490 e. The van der Waals surface area contributed by atoms with Crippen molar-refractivity contribution in [1.29, 1.82) is 0 Å². The number of anilines is 4. The number of rotatable bonds is 8. The third-order valence-corrected chi connectivity index (χ3v) is 4.84. The SMILES string of the molecule is C=CC(=O)Nc1cccc(Nc2nc(N/C(C=NC)=C/N)ncc2-c2ccc(C(F)(F)F)cc2)c1.O=C(O)C(F)(F)F. The van der Waals surface area contributed by atoms with Gasteiger partial charge in [-0.05, 0) is 42.0 Å². The molecule has 0 atom stereocenters. The predicted molar refractivity (Wildman–Crippen MR) is 145 cm³/mol. The van der Waals surface area contributed by atoms with Gasteiger partial charge in [0.15, 0.2) is 0 Å². The number of nitrogens with zero attached hydrogens (tertiary/aromatic N) is 3. The first-order valence-electron chi connectivity index (χ1n) is 11.4. The van der Waals surface area contributed by atoms with Gasteiger partial charge in [-0.1, -0.05) is 24.8 Å². The maximum absolute atomic E-state index is 13.0. The summed E-state index contributed by atoms with van der Waals surface area (Å²) in [6.07, 6.45) is -4.15. The standard InChI is InChI=1S/C24H22F3N7O.C2HF3O2/c1-3-21(35)31-17-5-4-6-18(11-17)32-22-20(15-7-9-16(10-8-15)24(25,26)27)14-30-23(34-22)33-19(12-28)13-29-2;3-2(4,5)1(6)7/h3-14H,1,28H2,2H3,(H,31,35)(H2,30,32,33,34);(H,6,7)/b19-12+,29-13?;. The number of hydrogen-bond donors (Lipinski definition) is 5. The lowest BCUT2D eigenvalue weighted by molar-refractivity contribution is -0.192. The smallest absolute Gasteiger partial charge is 0.475 e. The minimum Gasteiger partial charge on any atom is -0.475 e. The number of amides is 1. The quantitative estimate of drug-likeness (QED) is 0.129. The molecule has 16 heteroatoms. The van der Waals surface area contributed by atoms with E-state index in [1.54, 1.807) is 31.3 Å². The van der Waals surface area contributed by atoms with Crippen LogP contribution in [0.3, 0.4) is 0 Å². The third-order valence-electron chi connectivity index (χ3n) is 4.84. The number of hydrogen-bond acceptors (Lipinski definition) is 8. The summed E-state index contributed by atoms with van der Waals surface area (Å²) in [6.45, 7) is 3.42. The molecule has 0 unspecified atom stereocenters. The number of nitrogens with one attached hydrogen (secondary N) is 3. The molecule has 42 heavy (non-hydrogen) atoms. The Kier molecular flexibility index (Phi) is 11.2. The number of carboxylic acid groups (broad SMARTS) is 1. The molecule has 1 aromatic heterocycles. The first-order valence-corrected chi connectivity index (χ1v) is 11.4. The molecule has 1 heterocycles. The summed E-state index contributed by atoms with van der Waals surface area (Å²) >= 11 is 0. The van der Waals surface area contributed by atoms with Crippen molar-refractivity contribution in [1.82, 2.24) is 9.97 Å². The number of aliphatic carboxylic acids is 1. The van der Waals surface area contributed by atoms with Crippen molar-refractivity contribution in [3.63, 3.8) is 0 Å². The monoisotopic (exact) mass is 595 g/mol. The number of benzene rings is 2. The lowest BCUT2D eigenvalue weighted by Gasteiger charge is -2.15. The van der Waals surface area contributed by atoms with Crippen LogP contribution in [-0.2, 0) is 15.8 Å². The van der Waals surface area contributed by atoms with Crippen LogP contribution in [0.2, 0.25) is 0 Å². The number of nitrogens with two attached hydrogens (primary N) is 1. The number of halogens is 6. The van der Waals surface area contributed by atoms with Crippen LogP contribution < -0.4 is 21.7 Å². The van der Waals surface area contributed by atoms with Gasteiger partial charge in [-0.15, -0.1) is 0 Å². The van der Waals surface area contributed by atoms with Crippen LogP contribution >= 0.6 is 0 Å². The number of aliphatic imine (C=N–C) groups is 1. The van der Waals surface area contributed by atoms with E-state index in [-0.39, 0.29) is 11.9 Å². The highest BCUT2D eigenvalue weighted by atomic mass is 19.4. The third kappa shape index (κ3) is 9.96. The van der Waals surface area contributed by atoms with Crippen molar-refractivity contribution in [3.05, 3.63) is 84.8 Å². The topological polar surface area (TPSA) is 155 Å². The van der Waals surface area contributed by atoms with Gasteiger partial charge in [0.1, 0.15) is 5.82 Å².